The number of nitrogens with zero attached hydrogens (tertiary/aromatic N) is 1. The van der Waals surface area contributed by atoms with Crippen molar-refractivity contribution in [3.63, 3.8) is 0 Å². The molecular weight excluding hydrogens is 291 g/mol. The average molecular weight is 314 g/mol. The van der Waals surface area contributed by atoms with E-state index in [1.165, 1.54) is 24.6 Å². The Bertz CT molecular complexity index is 654. The molecule has 0 radical (unpaired) electrons. The summed E-state index contributed by atoms with van der Waals surface area (Å²) in [5.41, 5.74) is 3.00. The van der Waals surface area contributed by atoms with Crippen molar-refractivity contribution in [1.82, 2.24) is 5.32 Å². The van der Waals surface area contributed by atoms with Crippen molar-refractivity contribution in [2.24, 2.45) is 0 Å². The van der Waals surface area contributed by atoms with Crippen LogP contribution in [-0.4, -0.2) is 20.2 Å². The molecule has 0 aromatic heterocycles. The maximum absolute atomic E-state index is 13.6. The smallest absolute Gasteiger partial charge is 0.142 e. The minimum atomic E-state index is -0.165. The Labute approximate surface area is 137 Å². The maximum Gasteiger partial charge on any atom is 0.142 e. The summed E-state index contributed by atoms with van der Waals surface area (Å²) in [6, 6.07) is 13.2. The van der Waals surface area contributed by atoms with Crippen LogP contribution >= 0.6 is 0 Å². The second kappa shape index (κ2) is 7.47. The van der Waals surface area contributed by atoms with Crippen LogP contribution in [0.4, 0.5) is 10.1 Å². The molecule has 0 bridgehead atoms. The highest BCUT2D eigenvalue weighted by Gasteiger charge is 2.16. The molecule has 1 N–H and O–H groups in total. The summed E-state index contributed by atoms with van der Waals surface area (Å²) in [5.74, 6) is 0.749. The maximum atomic E-state index is 13.6. The molecule has 0 unspecified atom stereocenters. The van der Waals surface area contributed by atoms with E-state index in [1.807, 2.05) is 6.07 Å². The van der Waals surface area contributed by atoms with Gasteiger partial charge in [0.05, 0.1) is 12.8 Å². The second-order valence-corrected chi connectivity index (χ2v) is 5.90. The standard InChI is InChI=1S/C19H23FN2O/c1-23-19-12-15(8-9-18(19)22-10-4-5-11-22)13-21-14-16-6-2-3-7-17(16)20/h2-3,6-9,12,21H,4-5,10-11,13-14H2,1H3. The van der Waals surface area contributed by atoms with Crippen LogP contribution in [0.1, 0.15) is 24.0 Å². The number of ether oxygens (including phenoxy) is 1. The number of hydrogen-bond acceptors (Lipinski definition) is 3. The van der Waals surface area contributed by atoms with E-state index in [9.17, 15) is 4.39 Å². The average Bonchev–Trinajstić information content (AvgIpc) is 3.11. The molecule has 0 aliphatic carbocycles. The monoisotopic (exact) mass is 314 g/mol. The first-order valence-corrected chi connectivity index (χ1v) is 8.14. The van der Waals surface area contributed by atoms with Gasteiger partial charge in [-0.15, -0.1) is 0 Å². The molecule has 23 heavy (non-hydrogen) atoms. The molecule has 0 spiro atoms. The summed E-state index contributed by atoms with van der Waals surface area (Å²) >= 11 is 0. The van der Waals surface area contributed by atoms with E-state index >= 15 is 0 Å². The summed E-state index contributed by atoms with van der Waals surface area (Å²) in [5, 5.41) is 3.29. The Morgan fingerprint density at radius 2 is 1.87 bits per heavy atom. The number of benzene rings is 2. The summed E-state index contributed by atoms with van der Waals surface area (Å²) in [6.45, 7) is 3.40. The lowest BCUT2D eigenvalue weighted by Crippen LogP contribution is -2.19. The molecule has 0 amide bonds. The number of rotatable bonds is 6. The third-order valence-corrected chi connectivity index (χ3v) is 4.29. The van der Waals surface area contributed by atoms with Crippen LogP contribution in [0.15, 0.2) is 42.5 Å². The van der Waals surface area contributed by atoms with Crippen LogP contribution in [-0.2, 0) is 13.1 Å². The predicted molar refractivity (Wildman–Crippen MR) is 91.4 cm³/mol. The van der Waals surface area contributed by atoms with Crippen LogP contribution in [0.5, 0.6) is 5.75 Å². The van der Waals surface area contributed by atoms with Crippen molar-refractivity contribution in [3.8, 4) is 5.75 Å². The molecule has 0 atom stereocenters. The van der Waals surface area contributed by atoms with Gasteiger partial charge >= 0.3 is 0 Å². The van der Waals surface area contributed by atoms with Crippen LogP contribution < -0.4 is 15.0 Å². The molecular formula is C19H23FN2O. The van der Waals surface area contributed by atoms with Gasteiger partial charge in [-0.1, -0.05) is 24.3 Å². The van der Waals surface area contributed by atoms with Gasteiger partial charge in [0.2, 0.25) is 0 Å². The Morgan fingerprint density at radius 3 is 2.61 bits per heavy atom. The summed E-state index contributed by atoms with van der Waals surface area (Å²) in [4.78, 5) is 2.37. The number of methoxy groups -OCH3 is 1. The molecule has 3 rings (SSSR count). The lowest BCUT2D eigenvalue weighted by molar-refractivity contribution is 0.414. The highest BCUT2D eigenvalue weighted by Crippen LogP contribution is 2.31. The van der Waals surface area contributed by atoms with E-state index in [0.717, 1.165) is 24.4 Å². The van der Waals surface area contributed by atoms with Crippen molar-refractivity contribution in [1.29, 1.82) is 0 Å². The topological polar surface area (TPSA) is 24.5 Å². The van der Waals surface area contributed by atoms with Gasteiger partial charge in [0.1, 0.15) is 11.6 Å². The molecule has 1 aliphatic heterocycles. The van der Waals surface area contributed by atoms with Crippen LogP contribution in [0.25, 0.3) is 0 Å². The number of anilines is 1. The number of nitrogens with one attached hydrogen (secondary N) is 1. The van der Waals surface area contributed by atoms with Gasteiger partial charge in [0.25, 0.3) is 0 Å². The molecule has 1 saturated heterocycles. The predicted octanol–water partition coefficient (Wildman–Crippen LogP) is 3.72. The second-order valence-electron chi connectivity index (χ2n) is 5.90. The minimum Gasteiger partial charge on any atom is -0.495 e. The Morgan fingerprint density at radius 1 is 1.09 bits per heavy atom. The zero-order chi connectivity index (χ0) is 16.1. The largest absolute Gasteiger partial charge is 0.495 e. The highest BCUT2D eigenvalue weighted by molar-refractivity contribution is 5.60. The van der Waals surface area contributed by atoms with Gasteiger partial charge in [0.15, 0.2) is 0 Å². The SMILES string of the molecule is COc1cc(CNCc2ccccc2F)ccc1N1CCCC1. The molecule has 3 nitrogen and oxygen atoms in total. The quantitative estimate of drug-likeness (QED) is 0.879. The molecule has 1 heterocycles. The third-order valence-electron chi connectivity index (χ3n) is 4.29. The molecule has 0 saturated carbocycles. The van der Waals surface area contributed by atoms with E-state index < -0.39 is 0 Å². The minimum absolute atomic E-state index is 0.165. The van der Waals surface area contributed by atoms with Crippen LogP contribution in [0.3, 0.4) is 0 Å². The van der Waals surface area contributed by atoms with E-state index in [2.05, 4.69) is 28.4 Å². The third kappa shape index (κ3) is 3.82. The molecule has 1 aliphatic rings. The Kier molecular flexibility index (Phi) is 5.13. The molecule has 2 aromatic carbocycles. The van der Waals surface area contributed by atoms with Crippen LogP contribution in [0, 0.1) is 5.82 Å². The lowest BCUT2D eigenvalue weighted by atomic mass is 10.1. The van der Waals surface area contributed by atoms with Crippen molar-refractivity contribution >= 4 is 5.69 Å². The first-order valence-electron chi connectivity index (χ1n) is 8.14. The Hall–Kier alpha value is -2.07. The summed E-state index contributed by atoms with van der Waals surface area (Å²) in [6.07, 6.45) is 2.49. The first-order chi connectivity index (χ1) is 11.3. The zero-order valence-corrected chi connectivity index (χ0v) is 13.5. The van der Waals surface area contributed by atoms with E-state index in [1.54, 1.807) is 19.2 Å². The van der Waals surface area contributed by atoms with Gasteiger partial charge in [-0.3, -0.25) is 0 Å². The molecule has 122 valence electrons. The van der Waals surface area contributed by atoms with Crippen molar-refractivity contribution < 1.29 is 9.13 Å². The summed E-state index contributed by atoms with van der Waals surface area (Å²) < 4.78 is 19.1. The van der Waals surface area contributed by atoms with Crippen molar-refractivity contribution in [2.45, 2.75) is 25.9 Å². The fourth-order valence-corrected chi connectivity index (χ4v) is 3.03. The molecule has 4 heteroatoms. The molecule has 1 fully saturated rings. The van der Waals surface area contributed by atoms with Gasteiger partial charge in [0, 0.05) is 31.7 Å². The fraction of sp³-hybridized carbons (Fsp3) is 0.368. The first kappa shape index (κ1) is 15.8. The number of halogens is 1. The van der Waals surface area contributed by atoms with E-state index in [-0.39, 0.29) is 5.82 Å². The van der Waals surface area contributed by atoms with E-state index in [0.29, 0.717) is 18.7 Å². The zero-order valence-electron chi connectivity index (χ0n) is 13.5. The van der Waals surface area contributed by atoms with Crippen LogP contribution in [0.2, 0.25) is 0 Å². The van der Waals surface area contributed by atoms with Crippen molar-refractivity contribution in [2.75, 3.05) is 25.1 Å². The van der Waals surface area contributed by atoms with Gasteiger partial charge < -0.3 is 15.0 Å². The Balaban J connectivity index is 1.63. The van der Waals surface area contributed by atoms with E-state index in [4.69, 9.17) is 4.74 Å². The van der Waals surface area contributed by atoms with Gasteiger partial charge in [-0.2, -0.15) is 0 Å². The molecule has 2 aromatic rings. The normalized spacial score (nSPS) is 14.3. The lowest BCUT2D eigenvalue weighted by Gasteiger charge is -2.21. The number of hydrogen-bond donors (Lipinski definition) is 1. The van der Waals surface area contributed by atoms with Gasteiger partial charge in [-0.05, 0) is 36.6 Å². The fourth-order valence-electron chi connectivity index (χ4n) is 3.03. The highest BCUT2D eigenvalue weighted by atomic mass is 19.1. The van der Waals surface area contributed by atoms with Crippen molar-refractivity contribution in [3.05, 3.63) is 59.4 Å². The van der Waals surface area contributed by atoms with Gasteiger partial charge in [-0.25, -0.2) is 4.39 Å². The summed E-state index contributed by atoms with van der Waals surface area (Å²) in [7, 11) is 1.71.